The summed E-state index contributed by atoms with van der Waals surface area (Å²) in [6, 6.07) is 1.55. The van der Waals surface area contributed by atoms with Crippen LogP contribution in [0.25, 0.3) is 0 Å². The first-order valence-corrected chi connectivity index (χ1v) is 6.38. The molecule has 118 valence electrons. The number of aromatic hydroxyl groups is 3. The van der Waals surface area contributed by atoms with E-state index >= 15 is 0 Å². The van der Waals surface area contributed by atoms with Gasteiger partial charge in [0, 0.05) is 12.1 Å². The SMILES string of the molecule is CCC(C)C(NC)C(=O)O.O=Cc1c(O)cc(O)cc1O. The van der Waals surface area contributed by atoms with E-state index in [-0.39, 0.29) is 17.2 Å². The van der Waals surface area contributed by atoms with Gasteiger partial charge in [0.1, 0.15) is 23.3 Å². The fourth-order valence-electron chi connectivity index (χ4n) is 1.62. The van der Waals surface area contributed by atoms with Crippen LogP contribution in [0.4, 0.5) is 0 Å². The second-order valence-corrected chi connectivity index (χ2v) is 4.51. The first-order valence-electron chi connectivity index (χ1n) is 6.38. The number of carbonyl (C=O) groups excluding carboxylic acids is 1. The minimum Gasteiger partial charge on any atom is -0.508 e. The van der Waals surface area contributed by atoms with Gasteiger partial charge in [-0.2, -0.15) is 0 Å². The lowest BCUT2D eigenvalue weighted by Crippen LogP contribution is -2.39. The smallest absolute Gasteiger partial charge is 0.320 e. The van der Waals surface area contributed by atoms with Crippen molar-refractivity contribution in [3.63, 3.8) is 0 Å². The lowest BCUT2D eigenvalue weighted by atomic mass is 10.00. The average molecular weight is 299 g/mol. The summed E-state index contributed by atoms with van der Waals surface area (Å²) in [4.78, 5) is 20.6. The highest BCUT2D eigenvalue weighted by molar-refractivity contribution is 5.83. The molecule has 2 atom stereocenters. The molecule has 0 saturated heterocycles. The number of rotatable bonds is 5. The Balaban J connectivity index is 0.000000384. The Morgan fingerprint density at radius 1 is 1.29 bits per heavy atom. The van der Waals surface area contributed by atoms with Crippen LogP contribution in [0.5, 0.6) is 17.2 Å². The Morgan fingerprint density at radius 3 is 2.00 bits per heavy atom. The lowest BCUT2D eigenvalue weighted by molar-refractivity contribution is -0.140. The molecule has 0 bridgehead atoms. The molecule has 0 aromatic heterocycles. The van der Waals surface area contributed by atoms with E-state index in [1.54, 1.807) is 7.05 Å². The molecule has 0 heterocycles. The molecule has 5 N–H and O–H groups in total. The van der Waals surface area contributed by atoms with Crippen LogP contribution in [0.15, 0.2) is 12.1 Å². The van der Waals surface area contributed by atoms with Crippen molar-refractivity contribution >= 4 is 12.3 Å². The standard InChI is InChI=1S/C7H15NO2.C7H6O4/c1-4-5(2)6(8-3)7(9)10;8-3-5-6(10)1-4(9)2-7(5)11/h5-6,8H,4H2,1-3H3,(H,9,10);1-3,9-11H. The van der Waals surface area contributed by atoms with E-state index in [1.807, 2.05) is 13.8 Å². The molecule has 1 rings (SSSR count). The first kappa shape index (κ1) is 18.7. The van der Waals surface area contributed by atoms with E-state index in [4.69, 9.17) is 20.4 Å². The summed E-state index contributed by atoms with van der Waals surface area (Å²) < 4.78 is 0. The summed E-state index contributed by atoms with van der Waals surface area (Å²) in [5.41, 5.74) is -0.220. The van der Waals surface area contributed by atoms with Crippen LogP contribution in [-0.2, 0) is 4.79 Å². The molecule has 7 heteroatoms. The zero-order chi connectivity index (χ0) is 16.6. The van der Waals surface area contributed by atoms with Crippen LogP contribution < -0.4 is 5.32 Å². The first-order chi connectivity index (χ1) is 9.78. The Bertz CT molecular complexity index is 465. The van der Waals surface area contributed by atoms with Crippen molar-refractivity contribution in [3.8, 4) is 17.2 Å². The fourth-order valence-corrected chi connectivity index (χ4v) is 1.62. The van der Waals surface area contributed by atoms with Crippen molar-refractivity contribution in [2.75, 3.05) is 7.05 Å². The van der Waals surface area contributed by atoms with Gasteiger partial charge in [-0.25, -0.2) is 0 Å². The van der Waals surface area contributed by atoms with Gasteiger partial charge in [0.05, 0.1) is 5.56 Å². The van der Waals surface area contributed by atoms with Crippen molar-refractivity contribution in [1.82, 2.24) is 5.32 Å². The number of likely N-dealkylation sites (N-methyl/N-ethyl adjacent to an activating group) is 1. The maximum atomic E-state index is 10.5. The highest BCUT2D eigenvalue weighted by Gasteiger charge is 2.20. The molecular weight excluding hydrogens is 278 g/mol. The van der Waals surface area contributed by atoms with Crippen molar-refractivity contribution in [3.05, 3.63) is 17.7 Å². The van der Waals surface area contributed by atoms with Gasteiger partial charge in [0.2, 0.25) is 0 Å². The Morgan fingerprint density at radius 2 is 1.76 bits per heavy atom. The molecule has 0 aliphatic rings. The molecule has 0 radical (unpaired) electrons. The second kappa shape index (κ2) is 8.80. The number of aldehydes is 1. The van der Waals surface area contributed by atoms with E-state index in [0.717, 1.165) is 18.6 Å². The number of hydrogen-bond donors (Lipinski definition) is 5. The number of hydrogen-bond acceptors (Lipinski definition) is 6. The van der Waals surface area contributed by atoms with Gasteiger partial charge in [0.25, 0.3) is 0 Å². The van der Waals surface area contributed by atoms with Crippen LogP contribution in [0.1, 0.15) is 30.6 Å². The third-order valence-electron chi connectivity index (χ3n) is 3.03. The molecule has 1 aromatic carbocycles. The van der Waals surface area contributed by atoms with E-state index in [9.17, 15) is 9.59 Å². The van der Waals surface area contributed by atoms with Gasteiger partial charge in [-0.15, -0.1) is 0 Å². The highest BCUT2D eigenvalue weighted by atomic mass is 16.4. The average Bonchev–Trinajstić information content (AvgIpc) is 2.39. The van der Waals surface area contributed by atoms with Crippen molar-refractivity contribution in [2.45, 2.75) is 26.3 Å². The van der Waals surface area contributed by atoms with Crippen LogP contribution in [0, 0.1) is 5.92 Å². The third-order valence-corrected chi connectivity index (χ3v) is 3.03. The van der Waals surface area contributed by atoms with E-state index in [1.165, 1.54) is 0 Å². The zero-order valence-corrected chi connectivity index (χ0v) is 12.2. The molecule has 21 heavy (non-hydrogen) atoms. The maximum absolute atomic E-state index is 10.5. The number of benzene rings is 1. The number of carboxylic acid groups (broad SMARTS) is 1. The summed E-state index contributed by atoms with van der Waals surface area (Å²) in [6.07, 6.45) is 1.20. The van der Waals surface area contributed by atoms with Gasteiger partial charge < -0.3 is 25.7 Å². The van der Waals surface area contributed by atoms with Gasteiger partial charge in [-0.3, -0.25) is 9.59 Å². The molecule has 0 fully saturated rings. The van der Waals surface area contributed by atoms with Crippen LogP contribution in [-0.4, -0.2) is 45.8 Å². The summed E-state index contributed by atoms with van der Waals surface area (Å²) in [5, 5.41) is 38.0. The minimum atomic E-state index is -0.767. The van der Waals surface area contributed by atoms with E-state index in [2.05, 4.69) is 5.32 Å². The quantitative estimate of drug-likeness (QED) is 0.519. The molecule has 0 amide bonds. The number of nitrogens with one attached hydrogen (secondary N) is 1. The number of carboxylic acids is 1. The normalized spacial score (nSPS) is 12.7. The molecule has 7 nitrogen and oxygen atoms in total. The number of aliphatic carboxylic acids is 1. The number of carbonyl (C=O) groups is 2. The largest absolute Gasteiger partial charge is 0.508 e. The van der Waals surface area contributed by atoms with Gasteiger partial charge in [-0.05, 0) is 13.0 Å². The van der Waals surface area contributed by atoms with Gasteiger partial charge in [0.15, 0.2) is 6.29 Å². The van der Waals surface area contributed by atoms with Gasteiger partial charge >= 0.3 is 5.97 Å². The summed E-state index contributed by atoms with van der Waals surface area (Å²) in [7, 11) is 1.67. The summed E-state index contributed by atoms with van der Waals surface area (Å²) in [5.74, 6) is -1.72. The minimum absolute atomic E-state index is 0.197. The predicted octanol–water partition coefficient (Wildman–Crippen LogP) is 1.32. The molecule has 2 unspecified atom stereocenters. The summed E-state index contributed by atoms with van der Waals surface area (Å²) >= 11 is 0. The zero-order valence-electron chi connectivity index (χ0n) is 12.2. The van der Waals surface area contributed by atoms with E-state index in [0.29, 0.717) is 6.29 Å². The molecule has 0 aliphatic carbocycles. The molecular formula is C14H21NO6. The Labute approximate surface area is 122 Å². The molecule has 0 aliphatic heterocycles. The summed E-state index contributed by atoms with van der Waals surface area (Å²) in [6.45, 7) is 3.91. The molecule has 0 saturated carbocycles. The fraction of sp³-hybridized carbons (Fsp3) is 0.429. The topological polar surface area (TPSA) is 127 Å². The van der Waals surface area contributed by atoms with Gasteiger partial charge in [-0.1, -0.05) is 20.3 Å². The Hall–Kier alpha value is -2.28. The van der Waals surface area contributed by atoms with Crippen molar-refractivity contribution < 1.29 is 30.0 Å². The molecule has 0 spiro atoms. The predicted molar refractivity (Wildman–Crippen MR) is 76.8 cm³/mol. The number of phenols is 3. The second-order valence-electron chi connectivity index (χ2n) is 4.51. The van der Waals surface area contributed by atoms with Crippen molar-refractivity contribution in [2.24, 2.45) is 5.92 Å². The maximum Gasteiger partial charge on any atom is 0.320 e. The van der Waals surface area contributed by atoms with E-state index < -0.39 is 23.5 Å². The third kappa shape index (κ3) is 5.70. The van der Waals surface area contributed by atoms with Crippen LogP contribution in [0.2, 0.25) is 0 Å². The number of phenolic OH excluding ortho intramolecular Hbond substituents is 3. The van der Waals surface area contributed by atoms with Crippen molar-refractivity contribution in [1.29, 1.82) is 0 Å². The monoisotopic (exact) mass is 299 g/mol. The highest BCUT2D eigenvalue weighted by Crippen LogP contribution is 2.29. The van der Waals surface area contributed by atoms with Crippen LogP contribution in [0.3, 0.4) is 0 Å². The molecule has 1 aromatic rings. The lowest BCUT2D eigenvalue weighted by Gasteiger charge is -2.16. The van der Waals surface area contributed by atoms with Crippen LogP contribution >= 0.6 is 0 Å². The Kier molecular flexibility index (Phi) is 7.85.